The summed E-state index contributed by atoms with van der Waals surface area (Å²) in [6.45, 7) is 6.79. The quantitative estimate of drug-likeness (QED) is 0.806. The van der Waals surface area contributed by atoms with Gasteiger partial charge in [-0.2, -0.15) is 0 Å². The van der Waals surface area contributed by atoms with Gasteiger partial charge in [0.15, 0.2) is 0 Å². The summed E-state index contributed by atoms with van der Waals surface area (Å²) in [6.07, 6.45) is 0. The molecule has 0 radical (unpaired) electrons. The third-order valence-corrected chi connectivity index (χ3v) is 3.16. The van der Waals surface area contributed by atoms with Crippen LogP contribution in [0.1, 0.15) is 33.3 Å². The lowest BCUT2D eigenvalue weighted by atomic mass is 10.1. The molecule has 0 saturated heterocycles. The van der Waals surface area contributed by atoms with Crippen LogP contribution in [-0.2, 0) is 25.7 Å². The lowest BCUT2D eigenvalue weighted by Crippen LogP contribution is -2.50. The van der Waals surface area contributed by atoms with E-state index in [4.69, 9.17) is 4.74 Å². The van der Waals surface area contributed by atoms with E-state index in [1.165, 1.54) is 11.8 Å². The molecule has 6 heteroatoms. The van der Waals surface area contributed by atoms with Crippen molar-refractivity contribution < 1.29 is 19.1 Å². The predicted molar refractivity (Wildman–Crippen MR) is 86.4 cm³/mol. The fraction of sp³-hybridized carbons (Fsp3) is 0.471. The molecule has 126 valence electrons. The number of ether oxygens (including phenoxy) is 1. The number of rotatable bonds is 6. The Morgan fingerprint density at radius 2 is 1.74 bits per heavy atom. The largest absolute Gasteiger partial charge is 0.460 e. The van der Waals surface area contributed by atoms with Gasteiger partial charge in [-0.1, -0.05) is 30.3 Å². The monoisotopic (exact) mass is 320 g/mol. The van der Waals surface area contributed by atoms with Crippen molar-refractivity contribution in [2.45, 2.75) is 39.8 Å². The molecule has 0 aliphatic carbocycles. The maximum Gasteiger partial charge on any atom is 0.325 e. The fourth-order valence-electron chi connectivity index (χ4n) is 1.98. The maximum absolute atomic E-state index is 11.9. The lowest BCUT2D eigenvalue weighted by Gasteiger charge is -2.34. The summed E-state index contributed by atoms with van der Waals surface area (Å²) in [4.78, 5) is 36.5. The summed E-state index contributed by atoms with van der Waals surface area (Å²) in [7, 11) is 0. The molecule has 1 rings (SSSR count). The average Bonchev–Trinajstić information content (AvgIpc) is 2.48. The second-order valence-corrected chi connectivity index (χ2v) is 6.20. The molecule has 0 atom stereocenters. The molecular formula is C17H24N2O4. The first-order chi connectivity index (χ1) is 10.7. The van der Waals surface area contributed by atoms with Gasteiger partial charge in [0.05, 0.1) is 0 Å². The molecule has 2 amide bonds. The Labute approximate surface area is 136 Å². The number of carbonyl (C=O) groups excluding carboxylic acids is 3. The summed E-state index contributed by atoms with van der Waals surface area (Å²) in [5.41, 5.74) is 0.416. The van der Waals surface area contributed by atoms with Crippen molar-refractivity contribution in [2.24, 2.45) is 0 Å². The first-order valence-corrected chi connectivity index (χ1v) is 7.44. The molecule has 0 fully saturated rings. The highest BCUT2D eigenvalue weighted by Crippen LogP contribution is 2.12. The van der Waals surface area contributed by atoms with E-state index >= 15 is 0 Å². The van der Waals surface area contributed by atoms with Gasteiger partial charge < -0.3 is 15.0 Å². The zero-order chi connectivity index (χ0) is 17.5. The zero-order valence-electron chi connectivity index (χ0n) is 14.1. The second-order valence-electron chi connectivity index (χ2n) is 6.20. The Balaban J connectivity index is 2.37. The molecule has 0 unspecified atom stereocenters. The average molecular weight is 320 g/mol. The lowest BCUT2D eigenvalue weighted by molar-refractivity contribution is -0.145. The Bertz CT molecular complexity index is 549. The predicted octanol–water partition coefficient (Wildman–Crippen LogP) is 1.49. The summed E-state index contributed by atoms with van der Waals surface area (Å²) in [5, 5.41) is 2.47. The number of carbonyl (C=O) groups is 3. The van der Waals surface area contributed by atoms with Gasteiger partial charge in [0.2, 0.25) is 11.8 Å². The van der Waals surface area contributed by atoms with Gasteiger partial charge >= 0.3 is 5.97 Å². The maximum atomic E-state index is 11.9. The van der Waals surface area contributed by atoms with E-state index in [0.717, 1.165) is 5.56 Å². The number of hydrogen-bond acceptors (Lipinski definition) is 4. The molecule has 1 aromatic carbocycles. The van der Waals surface area contributed by atoms with E-state index in [0.29, 0.717) is 0 Å². The SMILES string of the molecule is CC(=O)N(CC(=O)NCC(=O)OCc1ccccc1)C(C)(C)C. The van der Waals surface area contributed by atoms with Crippen LogP contribution in [0.5, 0.6) is 0 Å². The van der Waals surface area contributed by atoms with Crippen LogP contribution in [0.15, 0.2) is 30.3 Å². The molecule has 0 bridgehead atoms. The molecule has 0 heterocycles. The third-order valence-electron chi connectivity index (χ3n) is 3.16. The number of amides is 2. The van der Waals surface area contributed by atoms with E-state index in [1.807, 2.05) is 51.1 Å². The van der Waals surface area contributed by atoms with Crippen LogP contribution in [0.2, 0.25) is 0 Å². The van der Waals surface area contributed by atoms with Crippen LogP contribution in [0.3, 0.4) is 0 Å². The topological polar surface area (TPSA) is 75.7 Å². The van der Waals surface area contributed by atoms with Gasteiger partial charge in [-0.15, -0.1) is 0 Å². The first-order valence-electron chi connectivity index (χ1n) is 7.44. The number of nitrogens with zero attached hydrogens (tertiary/aromatic N) is 1. The van der Waals surface area contributed by atoms with Crippen molar-refractivity contribution >= 4 is 17.8 Å². The first kappa shape index (κ1) is 18.7. The highest BCUT2D eigenvalue weighted by molar-refractivity contribution is 5.86. The Morgan fingerprint density at radius 1 is 1.13 bits per heavy atom. The van der Waals surface area contributed by atoms with Crippen LogP contribution >= 0.6 is 0 Å². The molecule has 23 heavy (non-hydrogen) atoms. The molecule has 1 N–H and O–H groups in total. The molecule has 0 spiro atoms. The van der Waals surface area contributed by atoms with Gasteiger partial charge in [0, 0.05) is 12.5 Å². The summed E-state index contributed by atoms with van der Waals surface area (Å²) >= 11 is 0. The molecule has 0 aromatic heterocycles. The van der Waals surface area contributed by atoms with Crippen molar-refractivity contribution in [1.29, 1.82) is 0 Å². The molecule has 0 aliphatic heterocycles. The summed E-state index contributed by atoms with van der Waals surface area (Å²) in [5.74, 6) is -1.11. The van der Waals surface area contributed by atoms with Crippen LogP contribution < -0.4 is 5.32 Å². The smallest absolute Gasteiger partial charge is 0.325 e. The van der Waals surface area contributed by atoms with Crippen LogP contribution in [-0.4, -0.2) is 41.3 Å². The fourth-order valence-corrected chi connectivity index (χ4v) is 1.98. The minimum atomic E-state index is -0.521. The highest BCUT2D eigenvalue weighted by Gasteiger charge is 2.25. The van der Waals surface area contributed by atoms with Gasteiger partial charge in [-0.3, -0.25) is 14.4 Å². The van der Waals surface area contributed by atoms with Gasteiger partial charge in [0.25, 0.3) is 0 Å². The molecular weight excluding hydrogens is 296 g/mol. The zero-order valence-corrected chi connectivity index (χ0v) is 14.1. The number of esters is 1. The number of benzene rings is 1. The van der Waals surface area contributed by atoms with Crippen molar-refractivity contribution in [1.82, 2.24) is 10.2 Å². The van der Waals surface area contributed by atoms with E-state index < -0.39 is 17.4 Å². The van der Waals surface area contributed by atoms with Gasteiger partial charge in [0.1, 0.15) is 19.7 Å². The van der Waals surface area contributed by atoms with E-state index in [-0.39, 0.29) is 25.6 Å². The molecule has 6 nitrogen and oxygen atoms in total. The minimum absolute atomic E-state index is 0.0925. The van der Waals surface area contributed by atoms with Crippen LogP contribution in [0, 0.1) is 0 Å². The number of nitrogens with one attached hydrogen (secondary N) is 1. The van der Waals surface area contributed by atoms with Crippen molar-refractivity contribution in [2.75, 3.05) is 13.1 Å². The molecule has 0 saturated carbocycles. The molecule has 1 aromatic rings. The van der Waals surface area contributed by atoms with Crippen LogP contribution in [0.4, 0.5) is 0 Å². The normalized spacial score (nSPS) is 10.8. The van der Waals surface area contributed by atoms with Crippen molar-refractivity contribution in [3.8, 4) is 0 Å². The standard InChI is InChI=1S/C17H24N2O4/c1-13(20)19(17(2,3)4)11-15(21)18-10-16(22)23-12-14-8-6-5-7-9-14/h5-9H,10-12H2,1-4H3,(H,18,21). The van der Waals surface area contributed by atoms with E-state index in [1.54, 1.807) is 0 Å². The minimum Gasteiger partial charge on any atom is -0.460 e. The van der Waals surface area contributed by atoms with Gasteiger partial charge in [-0.25, -0.2) is 0 Å². The Hall–Kier alpha value is -2.37. The Morgan fingerprint density at radius 3 is 2.26 bits per heavy atom. The van der Waals surface area contributed by atoms with Gasteiger partial charge in [-0.05, 0) is 26.3 Å². The third kappa shape index (κ3) is 6.95. The highest BCUT2D eigenvalue weighted by atomic mass is 16.5. The van der Waals surface area contributed by atoms with E-state index in [2.05, 4.69) is 5.32 Å². The summed E-state index contributed by atoms with van der Waals surface area (Å²) in [6, 6.07) is 9.28. The van der Waals surface area contributed by atoms with Crippen LogP contribution in [0.25, 0.3) is 0 Å². The number of hydrogen-bond donors (Lipinski definition) is 1. The van der Waals surface area contributed by atoms with Crippen molar-refractivity contribution in [3.05, 3.63) is 35.9 Å². The van der Waals surface area contributed by atoms with Crippen molar-refractivity contribution in [3.63, 3.8) is 0 Å². The second kappa shape index (κ2) is 8.31. The summed E-state index contributed by atoms with van der Waals surface area (Å²) < 4.78 is 5.06. The molecule has 0 aliphatic rings. The Kier molecular flexibility index (Phi) is 6.75. The van der Waals surface area contributed by atoms with E-state index in [9.17, 15) is 14.4 Å².